The summed E-state index contributed by atoms with van der Waals surface area (Å²) in [7, 11) is 0. The van der Waals surface area contributed by atoms with Crippen LogP contribution in [-0.4, -0.2) is 89.8 Å². The first kappa shape index (κ1) is 61.2. The average molecular weight is 1060 g/mol. The highest BCUT2D eigenvalue weighted by Gasteiger charge is 2.78. The van der Waals surface area contributed by atoms with Gasteiger partial charge in [-0.25, -0.2) is 4.79 Å². The Labute approximate surface area is 358 Å². The second-order valence-corrected chi connectivity index (χ2v) is 13.1. The van der Waals surface area contributed by atoms with Crippen LogP contribution in [0.3, 0.4) is 0 Å². The highest BCUT2D eigenvalue weighted by atomic mass is 19.5. The number of carbonyl (C=O) groups excluding carboxylic acids is 1. The van der Waals surface area contributed by atoms with E-state index in [4.69, 9.17) is 4.74 Å². The summed E-state index contributed by atoms with van der Waals surface area (Å²) in [6.07, 6.45) is -61.7. The molecule has 2 rings (SSSR count). The summed E-state index contributed by atoms with van der Waals surface area (Å²) in [5.41, 5.74) is -38.7. The number of aliphatic hydroxyl groups is 3. The molecule has 0 aliphatic carbocycles. The van der Waals surface area contributed by atoms with Gasteiger partial charge in [0.05, 0.1) is 0 Å². The molecule has 3 N–H and O–H groups in total. The summed E-state index contributed by atoms with van der Waals surface area (Å²) >= 11 is 0. The van der Waals surface area contributed by atoms with E-state index in [0.717, 1.165) is 6.92 Å². The highest BCUT2D eigenvalue weighted by molar-refractivity contribution is 5.89. The van der Waals surface area contributed by atoms with E-state index >= 15 is 0 Å². The fourth-order valence-corrected chi connectivity index (χ4v) is 5.17. The number of ether oxygens (including phenoxy) is 3. The number of hydrogen-bond donors (Lipinski definition) is 3. The van der Waals surface area contributed by atoms with Crippen LogP contribution in [-0.2, 0) is 36.7 Å². The van der Waals surface area contributed by atoms with Gasteiger partial charge in [0.2, 0.25) is 0 Å². The SMILES string of the molecule is C=C(C(=O)OC(c1cc(OC(C)OCC)cc(C(O)(C(F)(F)F)C(F)(F)F)c1)(C(F)(F)F)C(F)(F)F)C(F)(F)F.C=Cc1cc(C(O)(C(F)(F)F)C(F)(F)F)cc(C(O)(C(F)(F)F)C(F)(F)F)c1. The molecule has 68 heavy (non-hydrogen) atoms. The lowest BCUT2D eigenvalue weighted by Gasteiger charge is -2.38. The monoisotopic (exact) mass is 1060 g/mol. The van der Waals surface area contributed by atoms with E-state index in [0.29, 0.717) is 6.08 Å². The van der Waals surface area contributed by atoms with Crippen LogP contribution in [0.4, 0.5) is 119 Å². The van der Waals surface area contributed by atoms with Gasteiger partial charge in [-0.1, -0.05) is 19.2 Å². The van der Waals surface area contributed by atoms with Gasteiger partial charge in [0, 0.05) is 28.9 Å². The molecule has 0 bridgehead atoms. The molecular weight excluding hydrogens is 1030 g/mol. The molecule has 0 aromatic heterocycles. The lowest BCUT2D eigenvalue weighted by molar-refractivity contribution is -0.379. The molecule has 0 saturated heterocycles. The Morgan fingerprint density at radius 3 is 1.09 bits per heavy atom. The summed E-state index contributed by atoms with van der Waals surface area (Å²) in [5.74, 6) is -5.12. The Morgan fingerprint density at radius 2 is 0.824 bits per heavy atom. The van der Waals surface area contributed by atoms with Gasteiger partial charge in [-0.3, -0.25) is 0 Å². The van der Waals surface area contributed by atoms with E-state index in [-0.39, 0.29) is 18.7 Å². The lowest BCUT2D eigenvalue weighted by atomic mass is 9.84. The molecule has 0 aliphatic heterocycles. The fraction of sp³-hybridized carbons (Fsp3) is 0.500. The van der Waals surface area contributed by atoms with Crippen LogP contribution in [0.15, 0.2) is 55.1 Å². The zero-order valence-electron chi connectivity index (χ0n) is 32.4. The number of esters is 1. The van der Waals surface area contributed by atoms with Gasteiger partial charge in [0.1, 0.15) is 11.3 Å². The van der Waals surface area contributed by atoms with Crippen molar-refractivity contribution >= 4 is 12.0 Å². The first-order valence-electron chi connectivity index (χ1n) is 16.6. The number of carbonyl (C=O) groups is 1. The maximum Gasteiger partial charge on any atom is 0.442 e. The van der Waals surface area contributed by atoms with E-state index in [2.05, 4.69) is 16.1 Å². The molecule has 1 atom stereocenters. The normalized spacial score (nSPS) is 15.0. The van der Waals surface area contributed by atoms with Crippen molar-refractivity contribution in [1.82, 2.24) is 0 Å². The van der Waals surface area contributed by atoms with Gasteiger partial charge >= 0.3 is 67.2 Å². The third kappa shape index (κ3) is 11.4. The molecule has 390 valence electrons. The molecule has 0 amide bonds. The Morgan fingerprint density at radius 1 is 0.529 bits per heavy atom. The number of halogens is 27. The minimum atomic E-state index is -7.11. The van der Waals surface area contributed by atoms with E-state index < -0.39 is 154 Å². The second-order valence-electron chi connectivity index (χ2n) is 13.1. The van der Waals surface area contributed by atoms with E-state index in [1.165, 1.54) is 6.92 Å². The van der Waals surface area contributed by atoms with Gasteiger partial charge < -0.3 is 29.5 Å². The number of hydrogen-bond acceptors (Lipinski definition) is 7. The molecule has 0 fully saturated rings. The fourth-order valence-electron chi connectivity index (χ4n) is 5.17. The Bertz CT molecular complexity index is 2000. The van der Waals surface area contributed by atoms with Crippen LogP contribution in [0.5, 0.6) is 5.75 Å². The molecule has 0 radical (unpaired) electrons. The van der Waals surface area contributed by atoms with Crippen molar-refractivity contribution in [2.24, 2.45) is 0 Å². The summed E-state index contributed by atoms with van der Waals surface area (Å²) in [5, 5.41) is 28.1. The van der Waals surface area contributed by atoms with E-state index in [9.17, 15) is 139 Å². The zero-order valence-corrected chi connectivity index (χ0v) is 32.4. The Balaban J connectivity index is 0.000000724. The minimum Gasteiger partial charge on any atom is -0.465 e. The van der Waals surface area contributed by atoms with E-state index in [1.807, 2.05) is 6.58 Å². The third-order valence-corrected chi connectivity index (χ3v) is 8.56. The predicted octanol–water partition coefficient (Wildman–Crippen LogP) is 11.7. The Kier molecular flexibility index (Phi) is 16.9. The molecular formula is C34H23F27O7. The Hall–Kier alpha value is -4.86. The van der Waals surface area contributed by atoms with Crippen molar-refractivity contribution in [3.05, 3.63) is 82.9 Å². The van der Waals surface area contributed by atoms with Gasteiger partial charge in [-0.15, -0.1) is 0 Å². The quantitative estimate of drug-likeness (QED) is 0.0891. The van der Waals surface area contributed by atoms with Gasteiger partial charge in [0.25, 0.3) is 16.8 Å². The van der Waals surface area contributed by atoms with Crippen molar-refractivity contribution in [2.75, 3.05) is 6.61 Å². The predicted molar refractivity (Wildman–Crippen MR) is 168 cm³/mol. The average Bonchev–Trinajstić information content (AvgIpc) is 3.11. The van der Waals surface area contributed by atoms with E-state index in [1.54, 1.807) is 0 Å². The summed E-state index contributed by atoms with van der Waals surface area (Å²) < 4.78 is 370. The summed E-state index contributed by atoms with van der Waals surface area (Å²) in [6, 6.07) is -3.31. The summed E-state index contributed by atoms with van der Waals surface area (Å²) in [4.78, 5) is 11.7. The van der Waals surface area contributed by atoms with Gasteiger partial charge in [-0.2, -0.15) is 119 Å². The molecule has 0 spiro atoms. The van der Waals surface area contributed by atoms with Gasteiger partial charge in [0.15, 0.2) is 6.29 Å². The van der Waals surface area contributed by atoms with Crippen molar-refractivity contribution in [3.8, 4) is 5.75 Å². The molecule has 2 aromatic rings. The van der Waals surface area contributed by atoms with Crippen molar-refractivity contribution in [2.45, 2.75) is 98.1 Å². The van der Waals surface area contributed by atoms with Crippen LogP contribution in [0.25, 0.3) is 6.08 Å². The minimum absolute atomic E-state index is 0.162. The van der Waals surface area contributed by atoms with Crippen molar-refractivity contribution in [1.29, 1.82) is 0 Å². The number of benzene rings is 2. The van der Waals surface area contributed by atoms with Crippen LogP contribution in [0.1, 0.15) is 41.7 Å². The zero-order chi connectivity index (χ0) is 54.5. The molecule has 7 nitrogen and oxygen atoms in total. The molecule has 1 unspecified atom stereocenters. The van der Waals surface area contributed by atoms with Crippen LogP contribution in [0, 0.1) is 0 Å². The van der Waals surface area contributed by atoms with Crippen molar-refractivity contribution < 1.29 is 153 Å². The summed E-state index contributed by atoms with van der Waals surface area (Å²) in [6.45, 7) is 6.54. The first-order valence-corrected chi connectivity index (χ1v) is 16.6. The van der Waals surface area contributed by atoms with Gasteiger partial charge in [-0.05, 0) is 55.8 Å². The number of alkyl halides is 27. The third-order valence-electron chi connectivity index (χ3n) is 8.56. The molecule has 34 heteroatoms. The highest BCUT2D eigenvalue weighted by Crippen LogP contribution is 2.58. The topological polar surface area (TPSA) is 105 Å². The molecule has 0 aliphatic rings. The smallest absolute Gasteiger partial charge is 0.442 e. The van der Waals surface area contributed by atoms with Crippen LogP contribution >= 0.6 is 0 Å². The maximum atomic E-state index is 14.0. The molecule has 2 aromatic carbocycles. The van der Waals surface area contributed by atoms with Crippen LogP contribution < -0.4 is 4.74 Å². The second kappa shape index (κ2) is 18.8. The molecule has 0 heterocycles. The largest absolute Gasteiger partial charge is 0.465 e. The maximum absolute atomic E-state index is 14.0. The van der Waals surface area contributed by atoms with Crippen LogP contribution in [0.2, 0.25) is 0 Å². The molecule has 0 saturated carbocycles. The standard InChI is InChI=1S/C20H15F15O5.C14H8F12O2/c1-4-38-9(3)39-12-6-10(14(37,17(24,25)26)18(27,28)29)5-11(7-12)15(19(30,31)32,20(33,34)35)40-13(36)8(2)16(21,22)23;1-2-6-3-7(9(27,11(15,16)17)12(18,19)20)5-8(4-6)10(28,13(21,22)23)14(24,25)26/h5-7,9,37H,2,4H2,1,3H3;2-5,27-28H,1H2. The first-order chi connectivity index (χ1) is 29.7. The van der Waals surface area contributed by atoms with Crippen molar-refractivity contribution in [3.63, 3.8) is 0 Å². The lowest BCUT2D eigenvalue weighted by Crippen LogP contribution is -2.58. The number of rotatable bonds is 11.